The standard InChI is InChI=1S/C23H22N2O2S/c1-16-13-14-19(24-17(2)26)15-21(16)25-23(27)22(18-9-5-3-6-10-18)28-20-11-7-4-8-12-20/h3-15,22H,1-2H3,(H,24,26)(H,25,27). The number of hydrogen-bond acceptors (Lipinski definition) is 3. The molecule has 1 unspecified atom stereocenters. The van der Waals surface area contributed by atoms with Crippen LogP contribution in [-0.2, 0) is 9.59 Å². The molecule has 0 saturated heterocycles. The minimum Gasteiger partial charge on any atom is -0.326 e. The van der Waals surface area contributed by atoms with Crippen LogP contribution < -0.4 is 10.6 Å². The Hall–Kier alpha value is -3.05. The third-order valence-corrected chi connectivity index (χ3v) is 5.42. The summed E-state index contributed by atoms with van der Waals surface area (Å²) >= 11 is 1.51. The first-order valence-electron chi connectivity index (χ1n) is 8.98. The largest absolute Gasteiger partial charge is 0.326 e. The third kappa shape index (κ3) is 5.24. The number of thioether (sulfide) groups is 1. The van der Waals surface area contributed by atoms with Crippen molar-refractivity contribution in [2.24, 2.45) is 0 Å². The second-order valence-electron chi connectivity index (χ2n) is 6.42. The molecule has 0 aromatic heterocycles. The lowest BCUT2D eigenvalue weighted by atomic mass is 10.1. The van der Waals surface area contributed by atoms with Crippen LogP contribution in [0.3, 0.4) is 0 Å². The van der Waals surface area contributed by atoms with Gasteiger partial charge in [-0.2, -0.15) is 0 Å². The van der Waals surface area contributed by atoms with E-state index in [1.54, 1.807) is 6.07 Å². The van der Waals surface area contributed by atoms with Crippen molar-refractivity contribution in [3.63, 3.8) is 0 Å². The molecule has 0 heterocycles. The van der Waals surface area contributed by atoms with Gasteiger partial charge in [0.05, 0.1) is 0 Å². The first kappa shape index (κ1) is 19.7. The van der Waals surface area contributed by atoms with E-state index in [-0.39, 0.29) is 11.8 Å². The summed E-state index contributed by atoms with van der Waals surface area (Å²) in [7, 11) is 0. The summed E-state index contributed by atoms with van der Waals surface area (Å²) in [5, 5.41) is 5.39. The molecule has 3 aromatic rings. The summed E-state index contributed by atoms with van der Waals surface area (Å²) in [6.07, 6.45) is 0. The van der Waals surface area contributed by atoms with Gasteiger partial charge in [-0.15, -0.1) is 11.8 Å². The maximum Gasteiger partial charge on any atom is 0.242 e. The summed E-state index contributed by atoms with van der Waals surface area (Å²) in [4.78, 5) is 25.5. The second kappa shape index (κ2) is 9.24. The first-order chi connectivity index (χ1) is 13.5. The van der Waals surface area contributed by atoms with Gasteiger partial charge in [0.25, 0.3) is 0 Å². The number of benzene rings is 3. The Morgan fingerprint density at radius 3 is 2.14 bits per heavy atom. The van der Waals surface area contributed by atoms with Gasteiger partial charge >= 0.3 is 0 Å². The van der Waals surface area contributed by atoms with Crippen LogP contribution >= 0.6 is 11.8 Å². The molecule has 142 valence electrons. The predicted octanol–water partition coefficient (Wildman–Crippen LogP) is 5.43. The van der Waals surface area contributed by atoms with E-state index in [0.29, 0.717) is 11.4 Å². The molecular formula is C23H22N2O2S. The summed E-state index contributed by atoms with van der Waals surface area (Å²) in [6, 6.07) is 25.1. The van der Waals surface area contributed by atoms with Gasteiger partial charge in [-0.25, -0.2) is 0 Å². The molecule has 3 rings (SSSR count). The lowest BCUT2D eigenvalue weighted by Crippen LogP contribution is -2.19. The molecule has 2 amide bonds. The lowest BCUT2D eigenvalue weighted by molar-refractivity contribution is -0.116. The molecule has 0 aliphatic carbocycles. The fourth-order valence-electron chi connectivity index (χ4n) is 2.77. The van der Waals surface area contributed by atoms with Gasteiger partial charge in [0.1, 0.15) is 5.25 Å². The molecule has 0 bridgehead atoms. The highest BCUT2D eigenvalue weighted by atomic mass is 32.2. The van der Waals surface area contributed by atoms with Crippen molar-refractivity contribution < 1.29 is 9.59 Å². The molecule has 0 spiro atoms. The van der Waals surface area contributed by atoms with E-state index in [0.717, 1.165) is 16.0 Å². The number of amides is 2. The lowest BCUT2D eigenvalue weighted by Gasteiger charge is -2.18. The molecule has 2 N–H and O–H groups in total. The molecule has 0 radical (unpaired) electrons. The van der Waals surface area contributed by atoms with Crippen molar-refractivity contribution in [1.29, 1.82) is 0 Å². The zero-order valence-electron chi connectivity index (χ0n) is 15.8. The molecule has 28 heavy (non-hydrogen) atoms. The van der Waals surface area contributed by atoms with E-state index in [1.165, 1.54) is 18.7 Å². The van der Waals surface area contributed by atoms with Crippen molar-refractivity contribution in [2.45, 2.75) is 24.0 Å². The molecule has 5 heteroatoms. The molecule has 3 aromatic carbocycles. The number of anilines is 2. The van der Waals surface area contributed by atoms with Gasteiger partial charge < -0.3 is 10.6 Å². The van der Waals surface area contributed by atoms with E-state index in [4.69, 9.17) is 0 Å². The van der Waals surface area contributed by atoms with Gasteiger partial charge in [0, 0.05) is 23.2 Å². The second-order valence-corrected chi connectivity index (χ2v) is 7.60. The predicted molar refractivity (Wildman–Crippen MR) is 116 cm³/mol. The minimum absolute atomic E-state index is 0.108. The zero-order valence-corrected chi connectivity index (χ0v) is 16.6. The zero-order chi connectivity index (χ0) is 19.9. The highest BCUT2D eigenvalue weighted by Crippen LogP contribution is 2.36. The topological polar surface area (TPSA) is 58.2 Å². The summed E-state index contributed by atoms with van der Waals surface area (Å²) in [5.41, 5.74) is 3.20. The van der Waals surface area contributed by atoms with Crippen LogP contribution in [0.1, 0.15) is 23.3 Å². The number of hydrogen-bond donors (Lipinski definition) is 2. The van der Waals surface area contributed by atoms with Crippen LogP contribution in [0.25, 0.3) is 0 Å². The van der Waals surface area contributed by atoms with E-state index < -0.39 is 5.25 Å². The van der Waals surface area contributed by atoms with Crippen molar-refractivity contribution in [3.05, 3.63) is 90.0 Å². The minimum atomic E-state index is -0.396. The van der Waals surface area contributed by atoms with Crippen LogP contribution in [0.2, 0.25) is 0 Å². The Morgan fingerprint density at radius 1 is 0.857 bits per heavy atom. The summed E-state index contributed by atoms with van der Waals surface area (Å²) in [5.74, 6) is -0.258. The van der Waals surface area contributed by atoms with Gasteiger partial charge in [0.2, 0.25) is 11.8 Å². The Kier molecular flexibility index (Phi) is 6.50. The maximum atomic E-state index is 13.2. The van der Waals surface area contributed by atoms with Gasteiger partial charge in [-0.05, 0) is 42.3 Å². The van der Waals surface area contributed by atoms with Crippen LogP contribution in [0.4, 0.5) is 11.4 Å². The molecule has 1 atom stereocenters. The van der Waals surface area contributed by atoms with Gasteiger partial charge in [-0.3, -0.25) is 9.59 Å². The average molecular weight is 391 g/mol. The first-order valence-corrected chi connectivity index (χ1v) is 9.86. The Morgan fingerprint density at radius 2 is 1.50 bits per heavy atom. The normalized spacial score (nSPS) is 11.5. The highest BCUT2D eigenvalue weighted by molar-refractivity contribution is 8.00. The molecule has 0 saturated carbocycles. The highest BCUT2D eigenvalue weighted by Gasteiger charge is 2.22. The van der Waals surface area contributed by atoms with Crippen LogP contribution in [0.15, 0.2) is 83.8 Å². The number of rotatable bonds is 6. The van der Waals surface area contributed by atoms with Crippen molar-refractivity contribution in [3.8, 4) is 0 Å². The summed E-state index contributed by atoms with van der Waals surface area (Å²) in [6.45, 7) is 3.38. The van der Waals surface area contributed by atoms with E-state index in [9.17, 15) is 9.59 Å². The summed E-state index contributed by atoms with van der Waals surface area (Å²) < 4.78 is 0. The fourth-order valence-corrected chi connectivity index (χ4v) is 3.82. The van der Waals surface area contributed by atoms with E-state index >= 15 is 0 Å². The number of carbonyl (C=O) groups excluding carboxylic acids is 2. The third-order valence-electron chi connectivity index (χ3n) is 4.15. The molecule has 0 aliphatic heterocycles. The quantitative estimate of drug-likeness (QED) is 0.552. The number of aryl methyl sites for hydroxylation is 1. The van der Waals surface area contributed by atoms with Gasteiger partial charge in [-0.1, -0.05) is 54.6 Å². The van der Waals surface area contributed by atoms with Gasteiger partial charge in [0.15, 0.2) is 0 Å². The van der Waals surface area contributed by atoms with Crippen LogP contribution in [0, 0.1) is 6.92 Å². The maximum absolute atomic E-state index is 13.2. The number of carbonyl (C=O) groups is 2. The molecule has 0 aliphatic rings. The Balaban J connectivity index is 1.86. The molecular weight excluding hydrogens is 368 g/mol. The fraction of sp³-hybridized carbons (Fsp3) is 0.130. The van der Waals surface area contributed by atoms with E-state index in [2.05, 4.69) is 10.6 Å². The van der Waals surface area contributed by atoms with Crippen molar-refractivity contribution in [1.82, 2.24) is 0 Å². The average Bonchev–Trinajstić information content (AvgIpc) is 2.69. The van der Waals surface area contributed by atoms with Crippen LogP contribution in [0.5, 0.6) is 0 Å². The molecule has 0 fully saturated rings. The Labute approximate surface area is 169 Å². The Bertz CT molecular complexity index is 959. The van der Waals surface area contributed by atoms with E-state index in [1.807, 2.05) is 79.7 Å². The SMILES string of the molecule is CC(=O)Nc1ccc(C)c(NC(=O)C(Sc2ccccc2)c2ccccc2)c1. The van der Waals surface area contributed by atoms with Crippen molar-refractivity contribution in [2.75, 3.05) is 10.6 Å². The molecule has 4 nitrogen and oxygen atoms in total. The van der Waals surface area contributed by atoms with Crippen LogP contribution in [-0.4, -0.2) is 11.8 Å². The monoisotopic (exact) mass is 390 g/mol. The smallest absolute Gasteiger partial charge is 0.242 e. The van der Waals surface area contributed by atoms with Crippen molar-refractivity contribution >= 4 is 35.0 Å². The number of nitrogens with one attached hydrogen (secondary N) is 2.